The molecular weight excluding hydrogens is 264 g/mol. The molecule has 92 valence electrons. The van der Waals surface area contributed by atoms with Gasteiger partial charge in [-0.25, -0.2) is 4.57 Å². The summed E-state index contributed by atoms with van der Waals surface area (Å²) in [6, 6.07) is 4.24. The minimum atomic E-state index is -4.47. The summed E-state index contributed by atoms with van der Waals surface area (Å²) in [4.78, 5) is 0. The monoisotopic (exact) mass is 268 g/mol. The molecular formula is C7H4F3N2O4P. The normalized spacial score (nSPS) is 31.5. The van der Waals surface area contributed by atoms with Gasteiger partial charge in [0.1, 0.15) is 0 Å². The van der Waals surface area contributed by atoms with Gasteiger partial charge in [-0.15, -0.1) is 19.0 Å². The Bertz CT molecular complexity index is 512. The maximum atomic E-state index is 12.4. The number of rotatable bonds is 1. The zero-order valence-corrected chi connectivity index (χ0v) is 8.81. The third kappa shape index (κ3) is 1.72. The van der Waals surface area contributed by atoms with Crippen molar-refractivity contribution in [3.8, 4) is 0 Å². The highest BCUT2D eigenvalue weighted by atomic mass is 31.2. The molecule has 0 aromatic heterocycles. The van der Waals surface area contributed by atoms with Crippen LogP contribution in [0.5, 0.6) is 0 Å². The number of benzene rings is 1. The number of anilines is 1. The molecule has 10 heteroatoms. The van der Waals surface area contributed by atoms with Crippen LogP contribution in [-0.4, -0.2) is 5.34 Å². The molecule has 3 saturated heterocycles. The number of halogens is 3. The predicted molar refractivity (Wildman–Crippen MR) is 46.6 cm³/mol. The molecule has 0 amide bonds. The summed E-state index contributed by atoms with van der Waals surface area (Å²) in [7, 11) is -3.61. The summed E-state index contributed by atoms with van der Waals surface area (Å²) in [5, 5.41) is 1.35. The first-order chi connectivity index (χ1) is 7.87. The predicted octanol–water partition coefficient (Wildman–Crippen LogP) is 2.66. The van der Waals surface area contributed by atoms with Crippen LogP contribution in [0.1, 0.15) is 5.56 Å². The first-order valence-electron chi connectivity index (χ1n) is 4.34. The van der Waals surface area contributed by atoms with Gasteiger partial charge in [-0.2, -0.15) is 13.2 Å². The molecule has 17 heavy (non-hydrogen) atoms. The van der Waals surface area contributed by atoms with Crippen LogP contribution in [0.3, 0.4) is 0 Å². The molecule has 0 spiro atoms. The molecule has 0 N–H and O–H groups in total. The van der Waals surface area contributed by atoms with Gasteiger partial charge in [0.25, 0.3) is 0 Å². The molecule has 3 aliphatic heterocycles. The number of hydrogen-bond acceptors (Lipinski definition) is 6. The van der Waals surface area contributed by atoms with Crippen molar-refractivity contribution >= 4 is 13.5 Å². The van der Waals surface area contributed by atoms with Gasteiger partial charge in [0, 0.05) is 0 Å². The number of hydrogen-bond donors (Lipinski definition) is 0. The molecule has 2 bridgehead atoms. The van der Waals surface area contributed by atoms with E-state index in [0.29, 0.717) is 5.34 Å². The molecule has 3 fully saturated rings. The van der Waals surface area contributed by atoms with E-state index in [2.05, 4.69) is 13.9 Å². The number of hydrazine groups is 1. The topological polar surface area (TPSA) is 51.2 Å². The lowest BCUT2D eigenvalue weighted by Crippen LogP contribution is -2.34. The molecule has 0 radical (unpaired) electrons. The van der Waals surface area contributed by atoms with Crippen molar-refractivity contribution < 1.29 is 31.6 Å². The van der Waals surface area contributed by atoms with E-state index in [0.717, 1.165) is 17.3 Å². The Balaban J connectivity index is 1.92. The summed E-state index contributed by atoms with van der Waals surface area (Å²) in [6.07, 6.45) is -4.47. The quantitative estimate of drug-likeness (QED) is 0.730. The fraction of sp³-hybridized carbons (Fsp3) is 0.143. The van der Waals surface area contributed by atoms with Crippen LogP contribution in [0, 0.1) is 0 Å². The van der Waals surface area contributed by atoms with E-state index in [-0.39, 0.29) is 5.69 Å². The molecule has 1 aromatic rings. The van der Waals surface area contributed by atoms with Crippen LogP contribution >= 0.6 is 7.82 Å². The molecule has 3 heterocycles. The van der Waals surface area contributed by atoms with Gasteiger partial charge in [0.05, 0.1) is 16.6 Å². The third-order valence-electron chi connectivity index (χ3n) is 2.06. The third-order valence-corrected chi connectivity index (χ3v) is 3.09. The number of fused-ring (bicyclic) bond motifs is 1. The van der Waals surface area contributed by atoms with Crippen molar-refractivity contribution in [2.75, 3.05) is 5.17 Å². The highest BCUT2D eigenvalue weighted by Crippen LogP contribution is 2.67. The average Bonchev–Trinajstić information content (AvgIpc) is 2.70. The molecule has 0 unspecified atom stereocenters. The van der Waals surface area contributed by atoms with Crippen molar-refractivity contribution in [2.45, 2.75) is 6.18 Å². The number of nitrogens with zero attached hydrogens (tertiary/aromatic N) is 2. The van der Waals surface area contributed by atoms with E-state index in [4.69, 9.17) is 0 Å². The molecule has 1 aromatic carbocycles. The number of phosphoric acid groups is 1. The molecule has 0 aliphatic carbocycles. The van der Waals surface area contributed by atoms with Gasteiger partial charge in [-0.05, 0) is 18.2 Å². The summed E-state index contributed by atoms with van der Waals surface area (Å²) < 4.78 is 62.2. The number of alkyl halides is 3. The molecule has 3 aliphatic rings. The molecule has 0 atom stereocenters. The van der Waals surface area contributed by atoms with Crippen molar-refractivity contribution in [3.05, 3.63) is 29.8 Å². The first-order valence-corrected chi connectivity index (χ1v) is 5.80. The maximum absolute atomic E-state index is 12.4. The van der Waals surface area contributed by atoms with E-state index >= 15 is 0 Å². The van der Waals surface area contributed by atoms with Crippen LogP contribution in [0.25, 0.3) is 0 Å². The SMILES string of the molecule is O=P12ON(O1)N(c1cccc(C(F)(F)F)c1)O2. The van der Waals surface area contributed by atoms with Crippen molar-refractivity contribution in [2.24, 2.45) is 0 Å². The summed E-state index contributed by atoms with van der Waals surface area (Å²) in [5.41, 5.74) is -0.864. The summed E-state index contributed by atoms with van der Waals surface area (Å²) >= 11 is 0. The van der Waals surface area contributed by atoms with Gasteiger partial charge in [-0.3, -0.25) is 0 Å². The van der Waals surface area contributed by atoms with E-state index < -0.39 is 19.6 Å². The Kier molecular flexibility index (Phi) is 2.08. The van der Waals surface area contributed by atoms with E-state index in [9.17, 15) is 17.7 Å². The van der Waals surface area contributed by atoms with Gasteiger partial charge in [0.2, 0.25) is 0 Å². The van der Waals surface area contributed by atoms with Crippen LogP contribution in [0.15, 0.2) is 24.3 Å². The second-order valence-corrected chi connectivity index (χ2v) is 4.64. The van der Waals surface area contributed by atoms with Crippen molar-refractivity contribution in [3.63, 3.8) is 0 Å². The Morgan fingerprint density at radius 1 is 1.18 bits per heavy atom. The maximum Gasteiger partial charge on any atom is 0.538 e. The zero-order valence-electron chi connectivity index (χ0n) is 7.92. The smallest absolute Gasteiger partial charge is 0.222 e. The van der Waals surface area contributed by atoms with E-state index in [1.807, 2.05) is 0 Å². The lowest BCUT2D eigenvalue weighted by molar-refractivity contribution is -0.318. The second-order valence-electron chi connectivity index (χ2n) is 3.25. The van der Waals surface area contributed by atoms with Crippen LogP contribution < -0.4 is 5.17 Å². The lowest BCUT2D eigenvalue weighted by atomic mass is 10.2. The van der Waals surface area contributed by atoms with E-state index in [1.165, 1.54) is 12.1 Å². The zero-order chi connectivity index (χ0) is 12.3. The van der Waals surface area contributed by atoms with Gasteiger partial charge in [0.15, 0.2) is 0 Å². The minimum absolute atomic E-state index is 0.00458. The Morgan fingerprint density at radius 3 is 2.41 bits per heavy atom. The Morgan fingerprint density at radius 2 is 1.88 bits per heavy atom. The largest absolute Gasteiger partial charge is 0.538 e. The van der Waals surface area contributed by atoms with Gasteiger partial charge in [-0.1, -0.05) is 6.07 Å². The summed E-state index contributed by atoms with van der Waals surface area (Å²) in [6.45, 7) is 0. The lowest BCUT2D eigenvalue weighted by Gasteiger charge is -2.21. The second kappa shape index (κ2) is 3.21. The molecule has 6 nitrogen and oxygen atoms in total. The minimum Gasteiger partial charge on any atom is -0.222 e. The highest BCUT2D eigenvalue weighted by Gasteiger charge is 2.60. The Labute approximate surface area is 92.5 Å². The van der Waals surface area contributed by atoms with Crippen LogP contribution in [0.4, 0.5) is 18.9 Å². The molecule has 0 saturated carbocycles. The highest BCUT2D eigenvalue weighted by molar-refractivity contribution is 7.49. The van der Waals surface area contributed by atoms with E-state index in [1.54, 1.807) is 0 Å². The van der Waals surface area contributed by atoms with Crippen molar-refractivity contribution in [1.82, 2.24) is 5.34 Å². The molecule has 4 rings (SSSR count). The first kappa shape index (κ1) is 11.0. The average molecular weight is 268 g/mol. The fourth-order valence-electron chi connectivity index (χ4n) is 1.34. The van der Waals surface area contributed by atoms with Gasteiger partial charge < -0.3 is 0 Å². The summed E-state index contributed by atoms with van der Waals surface area (Å²) in [5.74, 6) is 0. The van der Waals surface area contributed by atoms with Crippen molar-refractivity contribution in [1.29, 1.82) is 0 Å². The fourth-order valence-corrected chi connectivity index (χ4v) is 2.23. The Hall–Kier alpha value is -1.12. The van der Waals surface area contributed by atoms with Crippen LogP contribution in [0.2, 0.25) is 0 Å². The standard InChI is InChI=1S/C7H4F3N2O4P/c8-7(9,10)5-2-1-3-6(4-5)11-12-15-17(13,14-11)16-12/h1-4H. The van der Waals surface area contributed by atoms with Crippen LogP contribution in [-0.2, 0) is 24.6 Å². The van der Waals surface area contributed by atoms with Gasteiger partial charge >= 0.3 is 14.0 Å².